The first-order valence-corrected chi connectivity index (χ1v) is 14.1. The Bertz CT molecular complexity index is 1450. The van der Waals surface area contributed by atoms with Crippen LogP contribution in [0.4, 0.5) is 24.5 Å². The van der Waals surface area contributed by atoms with Crippen molar-refractivity contribution >= 4 is 46.7 Å². The van der Waals surface area contributed by atoms with Crippen LogP contribution < -0.4 is 15.4 Å². The normalized spacial score (nSPS) is 17.3. The van der Waals surface area contributed by atoms with Crippen molar-refractivity contribution in [2.45, 2.75) is 46.0 Å². The topological polar surface area (TPSA) is 87.9 Å². The Labute approximate surface area is 241 Å². The van der Waals surface area contributed by atoms with E-state index in [1.165, 1.54) is 47.4 Å². The molecule has 1 aliphatic rings. The fourth-order valence-corrected chi connectivity index (χ4v) is 5.36. The first-order chi connectivity index (χ1) is 19.6. The highest BCUT2D eigenvalue weighted by Crippen LogP contribution is 2.35. The van der Waals surface area contributed by atoms with Gasteiger partial charge in [0.15, 0.2) is 5.17 Å². The standard InChI is InChI=1S/C30H31F3N6OS/c1-4-6-23-8-5-7-20(2)27(23)39-21(3)18-41-29(39)38-37-17-22-9-11-24(12-10-22)28(34)36-19-35-25-13-15-26(16-14-25)40-30(31,32)33/h5,7-17,19,21H,4,6,18H2,1-3H3,(H2,34,35,36)/b37-17+,38-29-. The molecule has 11 heteroatoms. The third kappa shape index (κ3) is 8.20. The van der Waals surface area contributed by atoms with Gasteiger partial charge in [0.05, 0.1) is 11.9 Å². The number of hydrogen-bond donors (Lipinski definition) is 1. The number of alkyl halides is 3. The van der Waals surface area contributed by atoms with E-state index in [9.17, 15) is 13.2 Å². The van der Waals surface area contributed by atoms with Crippen molar-refractivity contribution in [2.24, 2.45) is 25.9 Å². The number of halogens is 3. The van der Waals surface area contributed by atoms with Crippen LogP contribution >= 0.6 is 11.8 Å². The Kier molecular flexibility index (Phi) is 9.82. The summed E-state index contributed by atoms with van der Waals surface area (Å²) in [5, 5.41) is 9.82. The molecule has 0 amide bonds. The van der Waals surface area contributed by atoms with Gasteiger partial charge < -0.3 is 15.4 Å². The van der Waals surface area contributed by atoms with Gasteiger partial charge in [0, 0.05) is 23.0 Å². The van der Waals surface area contributed by atoms with E-state index in [4.69, 9.17) is 5.73 Å². The molecular formula is C30H31F3N6OS. The maximum atomic E-state index is 12.3. The van der Waals surface area contributed by atoms with Crippen molar-refractivity contribution in [3.05, 3.63) is 89.0 Å². The van der Waals surface area contributed by atoms with Crippen LogP contribution in [-0.2, 0) is 6.42 Å². The molecule has 1 fully saturated rings. The highest BCUT2D eigenvalue weighted by molar-refractivity contribution is 8.14. The van der Waals surface area contributed by atoms with Gasteiger partial charge in [0.2, 0.25) is 0 Å². The van der Waals surface area contributed by atoms with E-state index in [1.807, 2.05) is 24.3 Å². The predicted octanol–water partition coefficient (Wildman–Crippen LogP) is 7.24. The first kappa shape index (κ1) is 29.9. The molecular weight excluding hydrogens is 549 g/mol. The van der Waals surface area contributed by atoms with E-state index >= 15 is 0 Å². The maximum absolute atomic E-state index is 12.3. The van der Waals surface area contributed by atoms with Gasteiger partial charge in [0.25, 0.3) is 0 Å². The highest BCUT2D eigenvalue weighted by atomic mass is 32.2. The lowest BCUT2D eigenvalue weighted by Gasteiger charge is -2.27. The number of amidine groups is 2. The number of anilines is 1. The van der Waals surface area contributed by atoms with Crippen molar-refractivity contribution in [1.29, 1.82) is 0 Å². The smallest absolute Gasteiger partial charge is 0.406 e. The summed E-state index contributed by atoms with van der Waals surface area (Å²) in [5.41, 5.74) is 11.8. The van der Waals surface area contributed by atoms with E-state index in [0.29, 0.717) is 17.3 Å². The fourth-order valence-electron chi connectivity index (χ4n) is 4.31. The number of thioether (sulfide) groups is 1. The monoisotopic (exact) mass is 580 g/mol. The molecule has 0 saturated carbocycles. The molecule has 214 valence electrons. The summed E-state index contributed by atoms with van der Waals surface area (Å²) >= 11 is 1.71. The lowest BCUT2D eigenvalue weighted by Crippen LogP contribution is -2.33. The third-order valence-corrected chi connectivity index (χ3v) is 7.40. The Morgan fingerprint density at radius 1 is 1.10 bits per heavy atom. The minimum atomic E-state index is -4.74. The SMILES string of the molecule is CCCc1cccc(C)c1N1/C(=N/N=C/c2ccc(C(N)=NC=Nc3ccc(OC(F)(F)F)cc3)cc2)SCC1C. The predicted molar refractivity (Wildman–Crippen MR) is 163 cm³/mol. The van der Waals surface area contributed by atoms with E-state index in [-0.39, 0.29) is 11.6 Å². The van der Waals surface area contributed by atoms with E-state index in [1.54, 1.807) is 18.0 Å². The maximum Gasteiger partial charge on any atom is 0.573 e. The molecule has 0 radical (unpaired) electrons. The second kappa shape index (κ2) is 13.5. The van der Waals surface area contributed by atoms with Crippen molar-refractivity contribution in [3.8, 4) is 5.75 Å². The minimum absolute atomic E-state index is 0.239. The van der Waals surface area contributed by atoms with Gasteiger partial charge in [-0.3, -0.25) is 0 Å². The molecule has 1 unspecified atom stereocenters. The number of para-hydroxylation sites is 1. The third-order valence-electron chi connectivity index (χ3n) is 6.21. The van der Waals surface area contributed by atoms with E-state index in [0.717, 1.165) is 29.3 Å². The van der Waals surface area contributed by atoms with Crippen LogP contribution in [0.1, 0.15) is 42.5 Å². The Balaban J connectivity index is 1.40. The van der Waals surface area contributed by atoms with E-state index in [2.05, 4.69) is 68.8 Å². The molecule has 3 aromatic carbocycles. The number of hydrogen-bond acceptors (Lipinski definition) is 5. The minimum Gasteiger partial charge on any atom is -0.406 e. The second-order valence-corrected chi connectivity index (χ2v) is 10.4. The molecule has 1 saturated heterocycles. The van der Waals surface area contributed by atoms with Crippen molar-refractivity contribution < 1.29 is 17.9 Å². The molecule has 41 heavy (non-hydrogen) atoms. The molecule has 3 aromatic rings. The van der Waals surface area contributed by atoms with Crippen LogP contribution in [0.3, 0.4) is 0 Å². The summed E-state index contributed by atoms with van der Waals surface area (Å²) in [6, 6.07) is 19.2. The summed E-state index contributed by atoms with van der Waals surface area (Å²) in [5.74, 6) is 0.862. The van der Waals surface area contributed by atoms with Gasteiger partial charge in [-0.05, 0) is 61.2 Å². The zero-order valence-corrected chi connectivity index (χ0v) is 23.8. The van der Waals surface area contributed by atoms with Crippen molar-refractivity contribution in [1.82, 2.24) is 0 Å². The number of rotatable bonds is 9. The molecule has 1 aliphatic heterocycles. The largest absolute Gasteiger partial charge is 0.573 e. The average molecular weight is 581 g/mol. The van der Waals surface area contributed by atoms with Gasteiger partial charge in [0.1, 0.15) is 17.9 Å². The summed E-state index contributed by atoms with van der Waals surface area (Å²) in [6.07, 6.45) is 0.289. The second-order valence-electron chi connectivity index (χ2n) is 9.41. The van der Waals surface area contributed by atoms with Crippen LogP contribution in [0.15, 0.2) is 86.9 Å². The molecule has 0 spiro atoms. The first-order valence-electron chi connectivity index (χ1n) is 13.1. The lowest BCUT2D eigenvalue weighted by atomic mass is 10.0. The van der Waals surface area contributed by atoms with Gasteiger partial charge in [-0.1, -0.05) is 67.6 Å². The number of aryl methyl sites for hydroxylation is 2. The van der Waals surface area contributed by atoms with Crippen LogP contribution in [0.25, 0.3) is 0 Å². The number of benzene rings is 3. The van der Waals surface area contributed by atoms with Gasteiger partial charge in [-0.25, -0.2) is 9.98 Å². The van der Waals surface area contributed by atoms with Crippen LogP contribution in [0.5, 0.6) is 5.75 Å². The Morgan fingerprint density at radius 2 is 1.83 bits per heavy atom. The molecule has 0 aromatic heterocycles. The molecule has 1 heterocycles. The summed E-state index contributed by atoms with van der Waals surface area (Å²) in [7, 11) is 0. The van der Waals surface area contributed by atoms with Crippen molar-refractivity contribution in [2.75, 3.05) is 10.7 Å². The summed E-state index contributed by atoms with van der Waals surface area (Å²) in [4.78, 5) is 10.5. The summed E-state index contributed by atoms with van der Waals surface area (Å²) < 4.78 is 40.7. The van der Waals surface area contributed by atoms with Crippen LogP contribution in [0.2, 0.25) is 0 Å². The molecule has 2 N–H and O–H groups in total. The summed E-state index contributed by atoms with van der Waals surface area (Å²) in [6.45, 7) is 6.54. The lowest BCUT2D eigenvalue weighted by molar-refractivity contribution is -0.274. The zero-order chi connectivity index (χ0) is 29.4. The van der Waals surface area contributed by atoms with Crippen LogP contribution in [-0.4, -0.2) is 41.7 Å². The van der Waals surface area contributed by atoms with Gasteiger partial charge in [-0.2, -0.15) is 5.10 Å². The molecule has 4 rings (SSSR count). The van der Waals surface area contributed by atoms with Crippen molar-refractivity contribution in [3.63, 3.8) is 0 Å². The molecule has 0 aliphatic carbocycles. The van der Waals surface area contributed by atoms with E-state index < -0.39 is 6.36 Å². The Morgan fingerprint density at radius 3 is 2.51 bits per heavy atom. The quantitative estimate of drug-likeness (QED) is 0.164. The average Bonchev–Trinajstić information content (AvgIpc) is 3.29. The van der Waals surface area contributed by atoms with Crippen LogP contribution in [0, 0.1) is 6.92 Å². The fraction of sp³-hybridized carbons (Fsp3) is 0.267. The number of nitrogens with zero attached hydrogens (tertiary/aromatic N) is 5. The zero-order valence-electron chi connectivity index (χ0n) is 23.0. The number of nitrogens with two attached hydrogens (primary N) is 1. The van der Waals surface area contributed by atoms with Gasteiger partial charge in [-0.15, -0.1) is 18.3 Å². The van der Waals surface area contributed by atoms with Gasteiger partial charge >= 0.3 is 6.36 Å². The molecule has 0 bridgehead atoms. The highest BCUT2D eigenvalue weighted by Gasteiger charge is 2.31. The number of ether oxygens (including phenoxy) is 1. The Hall–Kier alpha value is -4.12. The molecule has 7 nitrogen and oxygen atoms in total. The molecule has 1 atom stereocenters. The number of aliphatic imine (C=N–C) groups is 2.